The third kappa shape index (κ3) is 4.43. The molecule has 0 aliphatic heterocycles. The number of rotatable bonds is 8. The van der Waals surface area contributed by atoms with Gasteiger partial charge in [0.1, 0.15) is 5.56 Å². The molecular formula is C20H25N3O6S. The van der Waals surface area contributed by atoms with Gasteiger partial charge in [0.15, 0.2) is 5.78 Å². The Morgan fingerprint density at radius 1 is 1.20 bits per heavy atom. The fraction of sp³-hybridized carbons (Fsp3) is 0.400. The first-order valence-corrected chi connectivity index (χ1v) is 11.0. The van der Waals surface area contributed by atoms with Gasteiger partial charge in [-0.2, -0.15) is 13.5 Å². The second kappa shape index (κ2) is 8.78. The molecule has 2 aromatic rings. The molecule has 0 amide bonds. The van der Waals surface area contributed by atoms with Crippen LogP contribution in [0.15, 0.2) is 23.9 Å². The Morgan fingerprint density at radius 3 is 2.33 bits per heavy atom. The SMILES string of the molecule is CCn1ncc(C(=O)c2ccc([N+](=O)[O-])c(C(C)=C(C)C)c2C)c1OS(=O)(=O)CC. The number of aromatic nitrogens is 2. The molecule has 0 radical (unpaired) electrons. The van der Waals surface area contributed by atoms with Gasteiger partial charge >= 0.3 is 10.1 Å². The third-order valence-corrected chi connectivity index (χ3v) is 6.02. The molecule has 0 unspecified atom stereocenters. The van der Waals surface area contributed by atoms with Gasteiger partial charge in [-0.25, -0.2) is 4.68 Å². The van der Waals surface area contributed by atoms with Crippen LogP contribution >= 0.6 is 0 Å². The van der Waals surface area contributed by atoms with Crippen LogP contribution in [-0.4, -0.2) is 34.7 Å². The highest BCUT2D eigenvalue weighted by molar-refractivity contribution is 7.87. The minimum Gasteiger partial charge on any atom is -0.361 e. The molecule has 1 heterocycles. The van der Waals surface area contributed by atoms with E-state index < -0.39 is 20.8 Å². The summed E-state index contributed by atoms with van der Waals surface area (Å²) in [5.41, 5.74) is 2.47. The second-order valence-corrected chi connectivity index (χ2v) is 8.81. The van der Waals surface area contributed by atoms with E-state index in [1.54, 1.807) is 20.8 Å². The van der Waals surface area contributed by atoms with E-state index in [4.69, 9.17) is 4.18 Å². The normalized spacial score (nSPS) is 11.3. The Kier molecular flexibility index (Phi) is 6.81. The van der Waals surface area contributed by atoms with Gasteiger partial charge in [-0.05, 0) is 58.7 Å². The minimum absolute atomic E-state index is 0.0216. The average Bonchev–Trinajstić information content (AvgIpc) is 3.08. The molecule has 2 rings (SSSR count). The molecule has 162 valence electrons. The average molecular weight is 436 g/mol. The van der Waals surface area contributed by atoms with Crippen molar-refractivity contribution in [3.8, 4) is 5.88 Å². The quantitative estimate of drug-likeness (QED) is 0.267. The van der Waals surface area contributed by atoms with Gasteiger partial charge in [0.25, 0.3) is 5.69 Å². The number of hydrogen-bond acceptors (Lipinski definition) is 7. The van der Waals surface area contributed by atoms with Crippen molar-refractivity contribution in [2.24, 2.45) is 0 Å². The van der Waals surface area contributed by atoms with Gasteiger partial charge in [-0.1, -0.05) is 5.57 Å². The molecule has 1 aromatic heterocycles. The number of allylic oxidation sites excluding steroid dienone is 2. The Labute approximate surface area is 175 Å². The summed E-state index contributed by atoms with van der Waals surface area (Å²) in [5.74, 6) is -0.954. The van der Waals surface area contributed by atoms with Crippen molar-refractivity contribution in [3.05, 3.63) is 56.3 Å². The number of carbonyl (C=O) groups is 1. The van der Waals surface area contributed by atoms with Crippen molar-refractivity contribution >= 4 is 27.2 Å². The lowest BCUT2D eigenvalue weighted by atomic mass is 9.90. The van der Waals surface area contributed by atoms with Crippen molar-refractivity contribution in [2.75, 3.05) is 5.75 Å². The van der Waals surface area contributed by atoms with Crippen LogP contribution < -0.4 is 4.18 Å². The fourth-order valence-corrected chi connectivity index (χ4v) is 3.52. The van der Waals surface area contributed by atoms with E-state index in [0.29, 0.717) is 23.2 Å². The van der Waals surface area contributed by atoms with E-state index in [0.717, 1.165) is 5.57 Å². The lowest BCUT2D eigenvalue weighted by Crippen LogP contribution is -2.17. The highest BCUT2D eigenvalue weighted by Crippen LogP contribution is 2.34. The second-order valence-electron chi connectivity index (χ2n) is 6.95. The minimum atomic E-state index is -3.88. The van der Waals surface area contributed by atoms with Crippen LogP contribution in [0.2, 0.25) is 0 Å². The van der Waals surface area contributed by atoms with Gasteiger partial charge < -0.3 is 4.18 Å². The predicted octanol–water partition coefficient (Wildman–Crippen LogP) is 3.89. The molecule has 0 saturated carbocycles. The molecule has 0 N–H and O–H groups in total. The van der Waals surface area contributed by atoms with Gasteiger partial charge in [0.05, 0.1) is 22.4 Å². The lowest BCUT2D eigenvalue weighted by Gasteiger charge is -2.14. The summed E-state index contributed by atoms with van der Waals surface area (Å²) in [6.45, 7) is 10.5. The Hall–Kier alpha value is -3.01. The molecule has 0 atom stereocenters. The Morgan fingerprint density at radius 2 is 1.83 bits per heavy atom. The number of nitro benzene ring substituents is 1. The van der Waals surface area contributed by atoms with Gasteiger partial charge in [-0.3, -0.25) is 14.9 Å². The molecule has 0 saturated heterocycles. The van der Waals surface area contributed by atoms with E-state index in [-0.39, 0.29) is 28.4 Å². The van der Waals surface area contributed by atoms with Crippen LogP contribution in [0.5, 0.6) is 5.88 Å². The van der Waals surface area contributed by atoms with Crippen LogP contribution in [0.1, 0.15) is 61.7 Å². The summed E-state index contributed by atoms with van der Waals surface area (Å²) < 4.78 is 30.4. The van der Waals surface area contributed by atoms with Crippen molar-refractivity contribution in [2.45, 2.75) is 48.1 Å². The van der Waals surface area contributed by atoms with Crippen molar-refractivity contribution in [1.29, 1.82) is 0 Å². The standard InChI is InChI=1S/C20H25N3O6S/c1-7-22-20(29-30(27,28)8-2)16(11-21-22)19(24)15-9-10-17(23(25)26)18(14(15)6)13(5)12(3)4/h9-11H,7-8H2,1-6H3. The molecule has 9 nitrogen and oxygen atoms in total. The maximum Gasteiger partial charge on any atom is 0.310 e. The molecule has 0 aliphatic rings. The molecule has 0 spiro atoms. The zero-order valence-electron chi connectivity index (χ0n) is 17.8. The summed E-state index contributed by atoms with van der Waals surface area (Å²) in [7, 11) is -3.88. The highest BCUT2D eigenvalue weighted by atomic mass is 32.2. The zero-order chi connectivity index (χ0) is 22.8. The summed E-state index contributed by atoms with van der Waals surface area (Å²) >= 11 is 0. The topological polar surface area (TPSA) is 121 Å². The summed E-state index contributed by atoms with van der Waals surface area (Å²) in [4.78, 5) is 24.4. The molecule has 0 bridgehead atoms. The Balaban J connectivity index is 2.72. The van der Waals surface area contributed by atoms with Crippen molar-refractivity contribution in [3.63, 3.8) is 0 Å². The third-order valence-electron chi connectivity index (χ3n) is 4.90. The van der Waals surface area contributed by atoms with Crippen molar-refractivity contribution in [1.82, 2.24) is 9.78 Å². The first-order chi connectivity index (χ1) is 13.9. The van der Waals surface area contributed by atoms with E-state index in [2.05, 4.69) is 5.10 Å². The van der Waals surface area contributed by atoms with Gasteiger partial charge in [0, 0.05) is 18.2 Å². The maximum atomic E-state index is 13.3. The van der Waals surface area contributed by atoms with E-state index in [1.165, 1.54) is 29.9 Å². The van der Waals surface area contributed by atoms with Crippen LogP contribution in [-0.2, 0) is 16.7 Å². The zero-order valence-corrected chi connectivity index (χ0v) is 18.7. The van der Waals surface area contributed by atoms with Crippen LogP contribution in [0.4, 0.5) is 5.69 Å². The molecular weight excluding hydrogens is 410 g/mol. The van der Waals surface area contributed by atoms with E-state index in [1.807, 2.05) is 13.8 Å². The number of aryl methyl sites for hydroxylation is 1. The first kappa shape index (κ1) is 23.3. The molecule has 0 fully saturated rings. The van der Waals surface area contributed by atoms with Crippen LogP contribution in [0.25, 0.3) is 5.57 Å². The predicted molar refractivity (Wildman–Crippen MR) is 113 cm³/mol. The number of carbonyl (C=O) groups excluding carboxylic acids is 1. The number of benzene rings is 1. The smallest absolute Gasteiger partial charge is 0.310 e. The van der Waals surface area contributed by atoms with Crippen LogP contribution in [0.3, 0.4) is 0 Å². The number of ketones is 1. The van der Waals surface area contributed by atoms with E-state index >= 15 is 0 Å². The fourth-order valence-electron chi connectivity index (χ4n) is 2.99. The Bertz CT molecular complexity index is 1140. The van der Waals surface area contributed by atoms with Crippen molar-refractivity contribution < 1.29 is 22.3 Å². The van der Waals surface area contributed by atoms with Crippen LogP contribution in [0, 0.1) is 17.0 Å². The highest BCUT2D eigenvalue weighted by Gasteiger charge is 2.28. The monoisotopic (exact) mass is 435 g/mol. The van der Waals surface area contributed by atoms with Gasteiger partial charge in [0.2, 0.25) is 5.88 Å². The molecule has 0 aliphatic carbocycles. The summed E-state index contributed by atoms with van der Waals surface area (Å²) in [6, 6.07) is 2.66. The lowest BCUT2D eigenvalue weighted by molar-refractivity contribution is -0.385. The summed E-state index contributed by atoms with van der Waals surface area (Å²) in [5, 5.41) is 15.6. The summed E-state index contributed by atoms with van der Waals surface area (Å²) in [6.07, 6.45) is 1.25. The number of nitro groups is 1. The largest absolute Gasteiger partial charge is 0.361 e. The number of hydrogen-bond donors (Lipinski definition) is 0. The molecule has 10 heteroatoms. The van der Waals surface area contributed by atoms with E-state index in [9.17, 15) is 23.3 Å². The maximum absolute atomic E-state index is 13.3. The molecule has 30 heavy (non-hydrogen) atoms. The first-order valence-electron chi connectivity index (χ1n) is 9.40. The number of nitrogens with zero attached hydrogens (tertiary/aromatic N) is 3. The molecule has 1 aromatic carbocycles. The van der Waals surface area contributed by atoms with Gasteiger partial charge in [-0.15, -0.1) is 0 Å².